The third-order valence-corrected chi connectivity index (χ3v) is 4.58. The number of nitrogens with one attached hydrogen (secondary N) is 2. The number of aromatic amines is 1. The summed E-state index contributed by atoms with van der Waals surface area (Å²) in [5.41, 5.74) is 2.94. The summed E-state index contributed by atoms with van der Waals surface area (Å²) in [4.78, 5) is 32.3. The molecule has 2 aromatic rings. The Morgan fingerprint density at radius 1 is 1.38 bits per heavy atom. The van der Waals surface area contributed by atoms with Gasteiger partial charge in [-0.05, 0) is 25.0 Å². The van der Waals surface area contributed by atoms with E-state index < -0.39 is 0 Å². The lowest BCUT2D eigenvalue weighted by Crippen LogP contribution is -2.39. The second kappa shape index (κ2) is 7.55. The van der Waals surface area contributed by atoms with Gasteiger partial charge in [-0.3, -0.25) is 19.7 Å². The SMILES string of the molecule is CC(=O)Nc1cn[nH]c1C1CCCN(C(=O)c2cc(N(C)C)ccn2)C1. The monoisotopic (exact) mass is 356 g/mol. The van der Waals surface area contributed by atoms with Gasteiger partial charge >= 0.3 is 0 Å². The van der Waals surface area contributed by atoms with Crippen LogP contribution in [0.4, 0.5) is 11.4 Å². The molecule has 0 saturated carbocycles. The first-order valence-electron chi connectivity index (χ1n) is 8.69. The van der Waals surface area contributed by atoms with Crippen LogP contribution in [0.1, 0.15) is 41.9 Å². The summed E-state index contributed by atoms with van der Waals surface area (Å²) in [6.45, 7) is 2.74. The Balaban J connectivity index is 1.76. The van der Waals surface area contributed by atoms with E-state index in [1.54, 1.807) is 12.4 Å². The van der Waals surface area contributed by atoms with Crippen molar-refractivity contribution in [2.24, 2.45) is 0 Å². The second-order valence-electron chi connectivity index (χ2n) is 6.76. The van der Waals surface area contributed by atoms with Crippen molar-refractivity contribution in [2.75, 3.05) is 37.4 Å². The zero-order valence-electron chi connectivity index (χ0n) is 15.3. The number of carbonyl (C=O) groups is 2. The fourth-order valence-corrected chi connectivity index (χ4v) is 3.27. The maximum Gasteiger partial charge on any atom is 0.272 e. The molecule has 1 unspecified atom stereocenters. The molecule has 0 spiro atoms. The first-order chi connectivity index (χ1) is 12.5. The molecular weight excluding hydrogens is 332 g/mol. The van der Waals surface area contributed by atoms with Crippen LogP contribution in [-0.2, 0) is 4.79 Å². The molecule has 3 rings (SSSR count). The van der Waals surface area contributed by atoms with Crippen molar-refractivity contribution >= 4 is 23.2 Å². The molecule has 8 heteroatoms. The molecule has 1 atom stereocenters. The molecule has 1 saturated heterocycles. The average molecular weight is 356 g/mol. The lowest BCUT2D eigenvalue weighted by molar-refractivity contribution is -0.114. The molecule has 1 fully saturated rings. The predicted octanol–water partition coefficient (Wildman–Crippen LogP) is 1.85. The third-order valence-electron chi connectivity index (χ3n) is 4.58. The highest BCUT2D eigenvalue weighted by molar-refractivity contribution is 5.93. The van der Waals surface area contributed by atoms with Gasteiger partial charge in [0.2, 0.25) is 5.91 Å². The average Bonchev–Trinajstić information content (AvgIpc) is 3.08. The van der Waals surface area contributed by atoms with Crippen LogP contribution in [0, 0.1) is 0 Å². The Hall–Kier alpha value is -2.90. The fourth-order valence-electron chi connectivity index (χ4n) is 3.27. The molecular formula is C18H24N6O2. The van der Waals surface area contributed by atoms with E-state index in [0.29, 0.717) is 24.5 Å². The van der Waals surface area contributed by atoms with Crippen LogP contribution in [-0.4, -0.2) is 59.1 Å². The Bertz CT molecular complexity index is 800. The van der Waals surface area contributed by atoms with Gasteiger partial charge in [0.15, 0.2) is 0 Å². The quantitative estimate of drug-likeness (QED) is 0.872. The van der Waals surface area contributed by atoms with Crippen molar-refractivity contribution in [3.8, 4) is 0 Å². The standard InChI is InChI=1S/C18H24N6O2/c1-12(25)21-16-10-20-22-17(16)13-5-4-8-24(11-13)18(26)15-9-14(23(2)3)6-7-19-15/h6-7,9-10,13H,4-5,8,11H2,1-3H3,(H,20,22)(H,21,25). The summed E-state index contributed by atoms with van der Waals surface area (Å²) in [5.74, 6) is -0.103. The zero-order chi connectivity index (χ0) is 18.7. The van der Waals surface area contributed by atoms with Crippen molar-refractivity contribution in [3.63, 3.8) is 0 Å². The smallest absolute Gasteiger partial charge is 0.272 e. The molecule has 2 aromatic heterocycles. The number of anilines is 2. The fraction of sp³-hybridized carbons (Fsp3) is 0.444. The van der Waals surface area contributed by atoms with Gasteiger partial charge in [-0.25, -0.2) is 0 Å². The molecule has 1 aliphatic heterocycles. The summed E-state index contributed by atoms with van der Waals surface area (Å²) in [5, 5.41) is 9.82. The van der Waals surface area contributed by atoms with Crippen molar-refractivity contribution in [2.45, 2.75) is 25.7 Å². The predicted molar refractivity (Wildman–Crippen MR) is 99.3 cm³/mol. The largest absolute Gasteiger partial charge is 0.378 e. The van der Waals surface area contributed by atoms with Crippen LogP contribution in [0.2, 0.25) is 0 Å². The molecule has 0 bridgehead atoms. The molecule has 2 amide bonds. The number of H-pyrrole nitrogens is 1. The zero-order valence-corrected chi connectivity index (χ0v) is 15.3. The van der Waals surface area contributed by atoms with E-state index in [0.717, 1.165) is 24.2 Å². The summed E-state index contributed by atoms with van der Waals surface area (Å²) in [6, 6.07) is 3.69. The van der Waals surface area contributed by atoms with E-state index in [9.17, 15) is 9.59 Å². The van der Waals surface area contributed by atoms with Crippen molar-refractivity contribution in [3.05, 3.63) is 35.9 Å². The first kappa shape index (κ1) is 17.9. The van der Waals surface area contributed by atoms with E-state index >= 15 is 0 Å². The minimum Gasteiger partial charge on any atom is -0.378 e. The van der Waals surface area contributed by atoms with Gasteiger partial charge in [-0.15, -0.1) is 0 Å². The molecule has 1 aliphatic rings. The van der Waals surface area contributed by atoms with Crippen molar-refractivity contribution < 1.29 is 9.59 Å². The highest BCUT2D eigenvalue weighted by Crippen LogP contribution is 2.31. The maximum absolute atomic E-state index is 12.9. The van der Waals surface area contributed by atoms with Crippen LogP contribution in [0.25, 0.3) is 0 Å². The van der Waals surface area contributed by atoms with Gasteiger partial charge in [-0.2, -0.15) is 5.10 Å². The molecule has 138 valence electrons. The van der Waals surface area contributed by atoms with E-state index in [1.807, 2.05) is 36.0 Å². The number of hydrogen-bond donors (Lipinski definition) is 2. The van der Waals surface area contributed by atoms with E-state index in [4.69, 9.17) is 0 Å². The van der Waals surface area contributed by atoms with E-state index in [1.165, 1.54) is 6.92 Å². The highest BCUT2D eigenvalue weighted by Gasteiger charge is 2.28. The van der Waals surface area contributed by atoms with Crippen molar-refractivity contribution in [1.29, 1.82) is 0 Å². The Kier molecular flexibility index (Phi) is 5.20. The van der Waals surface area contributed by atoms with Gasteiger partial charge < -0.3 is 15.1 Å². The van der Waals surface area contributed by atoms with Crippen LogP contribution in [0.15, 0.2) is 24.5 Å². The van der Waals surface area contributed by atoms with E-state index in [2.05, 4.69) is 20.5 Å². The number of likely N-dealkylation sites (tertiary alicyclic amines) is 1. The highest BCUT2D eigenvalue weighted by atomic mass is 16.2. The summed E-state index contributed by atoms with van der Waals surface area (Å²) in [7, 11) is 3.87. The van der Waals surface area contributed by atoms with Gasteiger partial charge in [-0.1, -0.05) is 0 Å². The number of hydrogen-bond acceptors (Lipinski definition) is 5. The van der Waals surface area contributed by atoms with Crippen LogP contribution >= 0.6 is 0 Å². The Labute approximate surface area is 152 Å². The molecule has 2 N–H and O–H groups in total. The minimum atomic E-state index is -0.138. The molecule has 3 heterocycles. The molecule has 0 aliphatic carbocycles. The van der Waals surface area contributed by atoms with Crippen molar-refractivity contribution in [1.82, 2.24) is 20.1 Å². The Morgan fingerprint density at radius 2 is 2.19 bits per heavy atom. The van der Waals surface area contributed by atoms with E-state index in [-0.39, 0.29) is 17.7 Å². The normalized spacial score (nSPS) is 17.0. The summed E-state index contributed by atoms with van der Waals surface area (Å²) in [6.07, 6.45) is 5.10. The van der Waals surface area contributed by atoms with Gasteiger partial charge in [0.25, 0.3) is 5.91 Å². The lowest BCUT2D eigenvalue weighted by atomic mass is 9.93. The number of carbonyl (C=O) groups excluding carboxylic acids is 2. The van der Waals surface area contributed by atoms with Crippen LogP contribution < -0.4 is 10.2 Å². The molecule has 0 radical (unpaired) electrons. The first-order valence-corrected chi connectivity index (χ1v) is 8.69. The number of amides is 2. The van der Waals surface area contributed by atoms with Gasteiger partial charge in [0, 0.05) is 51.9 Å². The molecule has 8 nitrogen and oxygen atoms in total. The number of nitrogens with zero attached hydrogens (tertiary/aromatic N) is 4. The lowest BCUT2D eigenvalue weighted by Gasteiger charge is -2.32. The van der Waals surface area contributed by atoms with Gasteiger partial charge in [0.1, 0.15) is 5.69 Å². The number of rotatable bonds is 4. The topological polar surface area (TPSA) is 94.2 Å². The molecule has 0 aromatic carbocycles. The summed E-state index contributed by atoms with van der Waals surface area (Å²) < 4.78 is 0. The second-order valence-corrected chi connectivity index (χ2v) is 6.76. The van der Waals surface area contributed by atoms with Crippen LogP contribution in [0.5, 0.6) is 0 Å². The van der Waals surface area contributed by atoms with Gasteiger partial charge in [0.05, 0.1) is 17.6 Å². The Morgan fingerprint density at radius 3 is 2.92 bits per heavy atom. The number of aromatic nitrogens is 3. The third kappa shape index (κ3) is 3.84. The van der Waals surface area contributed by atoms with Crippen LogP contribution in [0.3, 0.4) is 0 Å². The molecule has 26 heavy (non-hydrogen) atoms. The summed E-state index contributed by atoms with van der Waals surface area (Å²) >= 11 is 0. The number of piperidine rings is 1. The number of pyridine rings is 1. The minimum absolute atomic E-state index is 0.0704. The maximum atomic E-state index is 12.9.